The van der Waals surface area contributed by atoms with Gasteiger partial charge in [-0.2, -0.15) is 4.31 Å². The maximum Gasteiger partial charge on any atom is 0.243 e. The molecule has 0 spiro atoms. The van der Waals surface area contributed by atoms with Crippen LogP contribution >= 0.6 is 11.3 Å². The second-order valence-corrected chi connectivity index (χ2v) is 10.5. The number of hydrogen-bond acceptors (Lipinski definition) is 6. The Morgan fingerprint density at radius 2 is 1.77 bits per heavy atom. The van der Waals surface area contributed by atoms with Crippen LogP contribution in [0.1, 0.15) is 34.9 Å². The molecule has 1 saturated heterocycles. The minimum atomic E-state index is -3.47. The summed E-state index contributed by atoms with van der Waals surface area (Å²) in [5, 5.41) is 10.5. The number of methoxy groups -OCH3 is 1. The Bertz CT molecular complexity index is 1150. The number of nitrogens with zero attached hydrogens (tertiary/aromatic N) is 3. The summed E-state index contributed by atoms with van der Waals surface area (Å²) in [6, 6.07) is 13.1. The first kappa shape index (κ1) is 21.0. The minimum Gasteiger partial charge on any atom is -0.496 e. The highest BCUT2D eigenvalue weighted by atomic mass is 32.2. The fourth-order valence-electron chi connectivity index (χ4n) is 3.70. The number of piperidine rings is 1. The molecular weight excluding hydrogens is 418 g/mol. The molecule has 3 aromatic rings. The highest BCUT2D eigenvalue weighted by molar-refractivity contribution is 7.89. The van der Waals surface area contributed by atoms with Gasteiger partial charge in [-0.15, -0.1) is 10.2 Å². The number of para-hydroxylation sites is 1. The molecule has 1 aliphatic rings. The van der Waals surface area contributed by atoms with Crippen molar-refractivity contribution in [2.75, 3.05) is 20.2 Å². The molecule has 158 valence electrons. The second-order valence-electron chi connectivity index (χ2n) is 7.57. The smallest absolute Gasteiger partial charge is 0.243 e. The van der Waals surface area contributed by atoms with Gasteiger partial charge in [-0.3, -0.25) is 0 Å². The predicted molar refractivity (Wildman–Crippen MR) is 119 cm³/mol. The van der Waals surface area contributed by atoms with Gasteiger partial charge in [-0.25, -0.2) is 8.42 Å². The summed E-state index contributed by atoms with van der Waals surface area (Å²) in [6.45, 7) is 4.90. The van der Waals surface area contributed by atoms with Gasteiger partial charge >= 0.3 is 0 Å². The van der Waals surface area contributed by atoms with Crippen LogP contribution in [0.3, 0.4) is 0 Å². The molecule has 4 rings (SSSR count). The van der Waals surface area contributed by atoms with Gasteiger partial charge in [0.05, 0.1) is 17.6 Å². The molecule has 6 nitrogen and oxygen atoms in total. The minimum absolute atomic E-state index is 0.220. The summed E-state index contributed by atoms with van der Waals surface area (Å²) >= 11 is 1.56. The van der Waals surface area contributed by atoms with E-state index in [9.17, 15) is 8.42 Å². The monoisotopic (exact) mass is 443 g/mol. The van der Waals surface area contributed by atoms with E-state index < -0.39 is 10.0 Å². The second kappa shape index (κ2) is 8.45. The SMILES string of the molecule is COc1ccccc1-c1nnc(C2CCN(S(=O)(=O)c3ccc(C)c(C)c3)CC2)s1. The van der Waals surface area contributed by atoms with Gasteiger partial charge in [0.2, 0.25) is 10.0 Å². The molecule has 1 fully saturated rings. The first-order chi connectivity index (χ1) is 14.4. The van der Waals surface area contributed by atoms with Crippen molar-refractivity contribution in [3.63, 3.8) is 0 Å². The molecule has 0 bridgehead atoms. The molecule has 0 saturated carbocycles. The number of aromatic nitrogens is 2. The number of ether oxygens (including phenoxy) is 1. The Labute approximate surface area is 181 Å². The maximum absolute atomic E-state index is 13.0. The zero-order valence-electron chi connectivity index (χ0n) is 17.3. The molecule has 0 unspecified atom stereocenters. The fraction of sp³-hybridized carbons (Fsp3) is 0.364. The van der Waals surface area contributed by atoms with Crippen LogP contribution in [0, 0.1) is 13.8 Å². The van der Waals surface area contributed by atoms with Gasteiger partial charge in [0.15, 0.2) is 5.01 Å². The van der Waals surface area contributed by atoms with Crippen molar-refractivity contribution in [3.05, 3.63) is 58.6 Å². The van der Waals surface area contributed by atoms with Crippen molar-refractivity contribution in [3.8, 4) is 16.3 Å². The molecule has 2 heterocycles. The number of sulfonamides is 1. The zero-order chi connectivity index (χ0) is 21.3. The highest BCUT2D eigenvalue weighted by Crippen LogP contribution is 2.37. The Morgan fingerprint density at radius 3 is 2.47 bits per heavy atom. The van der Waals surface area contributed by atoms with Crippen molar-refractivity contribution in [1.29, 1.82) is 0 Å². The van der Waals surface area contributed by atoms with E-state index >= 15 is 0 Å². The molecule has 0 N–H and O–H groups in total. The van der Waals surface area contributed by atoms with Crippen LogP contribution in [-0.2, 0) is 10.0 Å². The van der Waals surface area contributed by atoms with E-state index in [1.807, 2.05) is 44.2 Å². The third-order valence-electron chi connectivity index (χ3n) is 5.70. The summed E-state index contributed by atoms with van der Waals surface area (Å²) in [4.78, 5) is 0.374. The van der Waals surface area contributed by atoms with Crippen LogP contribution < -0.4 is 4.74 Å². The molecule has 0 aliphatic carbocycles. The number of aryl methyl sites for hydroxylation is 2. The highest BCUT2D eigenvalue weighted by Gasteiger charge is 2.31. The van der Waals surface area contributed by atoms with E-state index in [0.717, 1.165) is 45.3 Å². The summed E-state index contributed by atoms with van der Waals surface area (Å²) < 4.78 is 33.1. The van der Waals surface area contributed by atoms with Gasteiger partial charge in [0.1, 0.15) is 10.8 Å². The van der Waals surface area contributed by atoms with Crippen molar-refractivity contribution in [2.24, 2.45) is 0 Å². The quantitative estimate of drug-likeness (QED) is 0.584. The van der Waals surface area contributed by atoms with Gasteiger partial charge in [-0.05, 0) is 62.1 Å². The lowest BCUT2D eigenvalue weighted by Gasteiger charge is -2.30. The molecule has 0 amide bonds. The first-order valence-electron chi connectivity index (χ1n) is 9.94. The van der Waals surface area contributed by atoms with Crippen molar-refractivity contribution < 1.29 is 13.2 Å². The Balaban J connectivity index is 1.47. The molecule has 2 aromatic carbocycles. The van der Waals surface area contributed by atoms with Gasteiger partial charge in [0, 0.05) is 19.0 Å². The Morgan fingerprint density at radius 1 is 1.03 bits per heavy atom. The lowest BCUT2D eigenvalue weighted by molar-refractivity contribution is 0.318. The summed E-state index contributed by atoms with van der Waals surface area (Å²) in [5.41, 5.74) is 3.01. The standard InChI is InChI=1S/C22H25N3O3S2/c1-15-8-9-18(14-16(15)2)30(26,27)25-12-10-17(11-13-25)21-23-24-22(29-21)19-6-4-5-7-20(19)28-3/h4-9,14,17H,10-13H2,1-3H3. The van der Waals surface area contributed by atoms with E-state index in [-0.39, 0.29) is 5.92 Å². The van der Waals surface area contributed by atoms with Crippen molar-refractivity contribution in [1.82, 2.24) is 14.5 Å². The third-order valence-corrected chi connectivity index (χ3v) is 8.71. The fourth-order valence-corrected chi connectivity index (χ4v) is 6.29. The Hall–Kier alpha value is -2.29. The number of benzene rings is 2. The lowest BCUT2D eigenvalue weighted by atomic mass is 9.99. The molecule has 1 aromatic heterocycles. The number of rotatable bonds is 5. The summed E-state index contributed by atoms with van der Waals surface area (Å²) in [7, 11) is -1.82. The normalized spacial score (nSPS) is 16.0. The number of hydrogen-bond donors (Lipinski definition) is 0. The van der Waals surface area contributed by atoms with Crippen LogP contribution in [0.5, 0.6) is 5.75 Å². The van der Waals surface area contributed by atoms with Crippen LogP contribution in [-0.4, -0.2) is 43.1 Å². The molecule has 8 heteroatoms. The molecule has 0 atom stereocenters. The molecule has 1 aliphatic heterocycles. The van der Waals surface area contributed by atoms with Crippen LogP contribution in [0.4, 0.5) is 0 Å². The van der Waals surface area contributed by atoms with Crippen molar-refractivity contribution in [2.45, 2.75) is 37.5 Å². The first-order valence-corrected chi connectivity index (χ1v) is 12.2. The van der Waals surface area contributed by atoms with Gasteiger partial charge in [-0.1, -0.05) is 29.5 Å². The third kappa shape index (κ3) is 3.99. The zero-order valence-corrected chi connectivity index (χ0v) is 19.0. The summed E-state index contributed by atoms with van der Waals surface area (Å²) in [6.07, 6.45) is 1.48. The Kier molecular flexibility index (Phi) is 5.90. The summed E-state index contributed by atoms with van der Waals surface area (Å²) in [5.74, 6) is 0.992. The largest absolute Gasteiger partial charge is 0.496 e. The average molecular weight is 444 g/mol. The topological polar surface area (TPSA) is 72.4 Å². The predicted octanol–water partition coefficient (Wildman–Crippen LogP) is 4.40. The van der Waals surface area contributed by atoms with Gasteiger partial charge in [0.25, 0.3) is 0 Å². The van der Waals surface area contributed by atoms with Crippen molar-refractivity contribution >= 4 is 21.4 Å². The molecule has 0 radical (unpaired) electrons. The maximum atomic E-state index is 13.0. The van der Waals surface area contributed by atoms with Crippen LogP contribution in [0.25, 0.3) is 10.6 Å². The van der Waals surface area contributed by atoms with Crippen LogP contribution in [0.2, 0.25) is 0 Å². The van der Waals surface area contributed by atoms with E-state index in [4.69, 9.17) is 4.74 Å². The van der Waals surface area contributed by atoms with E-state index in [1.54, 1.807) is 34.9 Å². The van der Waals surface area contributed by atoms with Gasteiger partial charge < -0.3 is 4.74 Å². The van der Waals surface area contributed by atoms with E-state index in [2.05, 4.69) is 10.2 Å². The average Bonchev–Trinajstić information content (AvgIpc) is 3.25. The van der Waals surface area contributed by atoms with E-state index in [1.165, 1.54) is 0 Å². The molecular formula is C22H25N3O3S2. The lowest BCUT2D eigenvalue weighted by Crippen LogP contribution is -2.37. The molecule has 30 heavy (non-hydrogen) atoms. The van der Waals surface area contributed by atoms with E-state index in [0.29, 0.717) is 18.0 Å². The van der Waals surface area contributed by atoms with Crippen LogP contribution in [0.15, 0.2) is 47.4 Å².